The Balaban J connectivity index is 1.82. The number of ether oxygens (including phenoxy) is 2. The molecule has 2 aliphatic heterocycles. The monoisotopic (exact) mass is 358 g/mol. The number of hydrogen-bond donors (Lipinski definition) is 3. The third-order valence-electron chi connectivity index (χ3n) is 4.90. The number of nitrogens with two attached hydrogens (primary N) is 1. The highest BCUT2D eigenvalue weighted by Gasteiger charge is 2.49. The van der Waals surface area contributed by atoms with Crippen LogP contribution >= 0.6 is 0 Å². The van der Waals surface area contributed by atoms with Crippen molar-refractivity contribution in [2.75, 3.05) is 25.2 Å². The molecule has 0 spiro atoms. The van der Waals surface area contributed by atoms with Gasteiger partial charge in [0.2, 0.25) is 0 Å². The van der Waals surface area contributed by atoms with Gasteiger partial charge in [-0.2, -0.15) is 0 Å². The molecular weight excluding hydrogens is 340 g/mol. The van der Waals surface area contributed by atoms with Gasteiger partial charge in [-0.1, -0.05) is 0 Å². The Labute approximate surface area is 148 Å². The molecule has 2 fully saturated rings. The van der Waals surface area contributed by atoms with Gasteiger partial charge in [0.25, 0.3) is 5.91 Å². The van der Waals surface area contributed by atoms with E-state index in [1.807, 2.05) is 4.90 Å². The van der Waals surface area contributed by atoms with Gasteiger partial charge in [0.15, 0.2) is 0 Å². The normalized spacial score (nSPS) is 24.3. The summed E-state index contributed by atoms with van der Waals surface area (Å²) in [5.74, 6) is 0.383. The second-order valence-corrected chi connectivity index (χ2v) is 6.30. The maximum Gasteiger partial charge on any atom is 0.407 e. The minimum atomic E-state index is -0.581. The van der Waals surface area contributed by atoms with Crippen molar-refractivity contribution < 1.29 is 24.2 Å². The number of aromatic nitrogens is 1. The van der Waals surface area contributed by atoms with Crippen LogP contribution in [0.4, 0.5) is 10.6 Å². The van der Waals surface area contributed by atoms with Gasteiger partial charge < -0.3 is 30.5 Å². The number of aliphatic hydroxyl groups excluding tert-OH is 1. The van der Waals surface area contributed by atoms with Crippen molar-refractivity contribution in [3.05, 3.63) is 30.0 Å². The van der Waals surface area contributed by atoms with Crippen molar-refractivity contribution in [2.24, 2.45) is 5.73 Å². The Morgan fingerprint density at radius 3 is 3.04 bits per heavy atom. The molecule has 9 nitrogen and oxygen atoms in total. The van der Waals surface area contributed by atoms with Crippen molar-refractivity contribution in [1.82, 2.24) is 10.3 Å². The van der Waals surface area contributed by atoms with Crippen LogP contribution in [0.15, 0.2) is 24.4 Å². The number of benzene rings is 1. The average Bonchev–Trinajstić information content (AvgIpc) is 3.15. The standard InChI is InChI=1S/C17H18N4O5/c1-25-13-5-9-8(4-10(13)15(18)23)2-3-19-16(9)21-6-11-14(12(21)7-22)26-17(24)20-11/h2-5,11-12,14,22H,6-7H2,1H3,(H2,18,23)(H,20,24)/t11-,12?,14-/m1/s1. The molecule has 3 heterocycles. The first-order chi connectivity index (χ1) is 12.5. The zero-order valence-corrected chi connectivity index (χ0v) is 14.0. The molecule has 2 aromatic rings. The fourth-order valence-electron chi connectivity index (χ4n) is 3.72. The van der Waals surface area contributed by atoms with E-state index in [4.69, 9.17) is 15.2 Å². The summed E-state index contributed by atoms with van der Waals surface area (Å²) in [7, 11) is 1.46. The minimum Gasteiger partial charge on any atom is -0.496 e. The number of carbonyl (C=O) groups is 2. The number of amides is 2. The number of nitrogens with one attached hydrogen (secondary N) is 1. The molecule has 0 radical (unpaired) electrons. The van der Waals surface area contributed by atoms with Crippen LogP contribution in [0.5, 0.6) is 5.75 Å². The maximum absolute atomic E-state index is 11.7. The number of alkyl carbamates (subject to hydrolysis) is 1. The Morgan fingerprint density at radius 1 is 1.54 bits per heavy atom. The van der Waals surface area contributed by atoms with Crippen LogP contribution in [0.25, 0.3) is 10.8 Å². The molecular formula is C17H18N4O5. The Morgan fingerprint density at radius 2 is 2.35 bits per heavy atom. The largest absolute Gasteiger partial charge is 0.496 e. The van der Waals surface area contributed by atoms with Crippen LogP contribution in [-0.4, -0.2) is 60.5 Å². The fraction of sp³-hybridized carbons (Fsp3) is 0.353. The van der Waals surface area contributed by atoms with E-state index in [0.29, 0.717) is 18.1 Å². The van der Waals surface area contributed by atoms with Crippen molar-refractivity contribution in [1.29, 1.82) is 0 Å². The first-order valence-electron chi connectivity index (χ1n) is 8.14. The lowest BCUT2D eigenvalue weighted by atomic mass is 10.1. The summed E-state index contributed by atoms with van der Waals surface area (Å²) in [6.07, 6.45) is 0.699. The number of pyridine rings is 1. The van der Waals surface area contributed by atoms with E-state index < -0.39 is 24.1 Å². The molecule has 26 heavy (non-hydrogen) atoms. The predicted octanol–water partition coefficient (Wildman–Crippen LogP) is 0.000200. The van der Waals surface area contributed by atoms with Crippen molar-refractivity contribution in [2.45, 2.75) is 18.2 Å². The van der Waals surface area contributed by atoms with Crippen molar-refractivity contribution in [3.63, 3.8) is 0 Å². The van der Waals surface area contributed by atoms with Crippen LogP contribution in [0, 0.1) is 0 Å². The predicted molar refractivity (Wildman–Crippen MR) is 92.2 cm³/mol. The lowest BCUT2D eigenvalue weighted by Crippen LogP contribution is -2.40. The number of anilines is 1. The highest BCUT2D eigenvalue weighted by atomic mass is 16.6. The van der Waals surface area contributed by atoms with E-state index in [2.05, 4.69) is 10.3 Å². The quantitative estimate of drug-likeness (QED) is 0.702. The summed E-state index contributed by atoms with van der Waals surface area (Å²) in [6.45, 7) is 0.262. The van der Waals surface area contributed by atoms with Gasteiger partial charge in [-0.05, 0) is 23.6 Å². The van der Waals surface area contributed by atoms with E-state index in [9.17, 15) is 14.7 Å². The smallest absolute Gasteiger partial charge is 0.407 e. The molecule has 2 amide bonds. The zero-order valence-electron chi connectivity index (χ0n) is 14.0. The number of rotatable bonds is 4. The topological polar surface area (TPSA) is 127 Å². The Hall–Kier alpha value is -3.07. The SMILES string of the molecule is COc1cc2c(N3C[C@H]4NC(=O)O[C@H]4C3CO)nccc2cc1C(N)=O. The zero-order chi connectivity index (χ0) is 18.4. The molecule has 3 atom stereocenters. The van der Waals surface area contributed by atoms with E-state index in [1.54, 1.807) is 24.4 Å². The summed E-state index contributed by atoms with van der Waals surface area (Å²) in [4.78, 5) is 29.5. The molecule has 1 aromatic carbocycles. The number of hydrogen-bond acceptors (Lipinski definition) is 7. The lowest BCUT2D eigenvalue weighted by molar-refractivity contribution is 0.0997. The van der Waals surface area contributed by atoms with Crippen LogP contribution in [0.1, 0.15) is 10.4 Å². The molecule has 1 aromatic heterocycles. The van der Waals surface area contributed by atoms with E-state index in [0.717, 1.165) is 10.8 Å². The van der Waals surface area contributed by atoms with E-state index in [1.165, 1.54) is 7.11 Å². The Bertz CT molecular complexity index is 902. The summed E-state index contributed by atoms with van der Waals surface area (Å²) < 4.78 is 10.6. The summed E-state index contributed by atoms with van der Waals surface area (Å²) in [5.41, 5.74) is 5.71. The highest BCUT2D eigenvalue weighted by Crippen LogP contribution is 2.36. The third kappa shape index (κ3) is 2.39. The molecule has 0 bridgehead atoms. The first kappa shape index (κ1) is 16.4. The summed E-state index contributed by atoms with van der Waals surface area (Å²) in [6, 6.07) is 4.50. The van der Waals surface area contributed by atoms with E-state index in [-0.39, 0.29) is 18.2 Å². The molecule has 1 unspecified atom stereocenters. The van der Waals surface area contributed by atoms with Gasteiger partial charge >= 0.3 is 6.09 Å². The highest BCUT2D eigenvalue weighted by molar-refractivity contribution is 6.03. The minimum absolute atomic E-state index is 0.190. The van der Waals surface area contributed by atoms with Crippen LogP contribution < -0.4 is 20.7 Å². The molecule has 0 aliphatic carbocycles. The number of nitrogens with zero attached hydrogens (tertiary/aromatic N) is 2. The first-order valence-corrected chi connectivity index (χ1v) is 8.14. The van der Waals surface area contributed by atoms with Crippen molar-refractivity contribution >= 4 is 28.6 Å². The van der Waals surface area contributed by atoms with Gasteiger partial charge in [-0.3, -0.25) is 4.79 Å². The number of primary amides is 1. The van der Waals surface area contributed by atoms with Gasteiger partial charge in [-0.25, -0.2) is 9.78 Å². The molecule has 2 aliphatic rings. The summed E-state index contributed by atoms with van der Waals surface area (Å²) >= 11 is 0. The van der Waals surface area contributed by atoms with Crippen LogP contribution in [0.2, 0.25) is 0 Å². The molecule has 4 N–H and O–H groups in total. The molecule has 136 valence electrons. The van der Waals surface area contributed by atoms with Crippen LogP contribution in [0.3, 0.4) is 0 Å². The van der Waals surface area contributed by atoms with Gasteiger partial charge in [-0.15, -0.1) is 0 Å². The fourth-order valence-corrected chi connectivity index (χ4v) is 3.72. The molecule has 2 saturated heterocycles. The molecule has 4 rings (SSSR count). The maximum atomic E-state index is 11.7. The lowest BCUT2D eigenvalue weighted by Gasteiger charge is -2.27. The van der Waals surface area contributed by atoms with Crippen LogP contribution in [-0.2, 0) is 4.74 Å². The third-order valence-corrected chi connectivity index (χ3v) is 4.90. The average molecular weight is 358 g/mol. The number of fused-ring (bicyclic) bond motifs is 2. The van der Waals surface area contributed by atoms with Crippen molar-refractivity contribution in [3.8, 4) is 5.75 Å². The van der Waals surface area contributed by atoms with E-state index >= 15 is 0 Å². The number of aliphatic hydroxyl groups is 1. The number of carbonyl (C=O) groups excluding carboxylic acids is 2. The summed E-state index contributed by atoms with van der Waals surface area (Å²) in [5, 5.41) is 14.1. The molecule has 0 saturated carbocycles. The second kappa shape index (κ2) is 6.03. The van der Waals surface area contributed by atoms with Gasteiger partial charge in [0.05, 0.1) is 31.4 Å². The van der Waals surface area contributed by atoms with Gasteiger partial charge in [0.1, 0.15) is 17.7 Å². The molecule has 9 heteroatoms. The van der Waals surface area contributed by atoms with Gasteiger partial charge in [0, 0.05) is 18.1 Å². The Kier molecular flexibility index (Phi) is 3.80. The second-order valence-electron chi connectivity index (χ2n) is 6.30. The number of methoxy groups -OCH3 is 1.